The van der Waals surface area contributed by atoms with E-state index >= 15 is 0 Å². The van der Waals surface area contributed by atoms with Crippen LogP contribution in [0.2, 0.25) is 0 Å². The number of halogens is 2. The minimum atomic E-state index is -4.33. The van der Waals surface area contributed by atoms with E-state index in [0.717, 1.165) is 22.5 Å². The number of carbonyl (C=O) groups is 1. The SMILES string of the molecule is CC(Oc1ccccc1)C(=O)N1CCN(S(=O)(=O)c2c(F)cccc2F)CC1. The number of hydrogen-bond donors (Lipinski definition) is 0. The van der Waals surface area contributed by atoms with Gasteiger partial charge in [0, 0.05) is 26.2 Å². The Morgan fingerprint density at radius 3 is 2.11 bits per heavy atom. The van der Waals surface area contributed by atoms with E-state index in [4.69, 9.17) is 4.74 Å². The van der Waals surface area contributed by atoms with Crippen molar-refractivity contribution in [2.24, 2.45) is 0 Å². The number of ether oxygens (including phenoxy) is 1. The largest absolute Gasteiger partial charge is 0.481 e. The molecule has 150 valence electrons. The van der Waals surface area contributed by atoms with Gasteiger partial charge in [0.1, 0.15) is 17.4 Å². The van der Waals surface area contributed by atoms with Crippen molar-refractivity contribution in [2.45, 2.75) is 17.9 Å². The first kappa shape index (κ1) is 20.2. The average Bonchev–Trinajstić information content (AvgIpc) is 2.68. The van der Waals surface area contributed by atoms with E-state index in [1.54, 1.807) is 31.2 Å². The van der Waals surface area contributed by atoms with Gasteiger partial charge in [0.05, 0.1) is 0 Å². The minimum Gasteiger partial charge on any atom is -0.481 e. The van der Waals surface area contributed by atoms with E-state index in [0.29, 0.717) is 5.75 Å². The van der Waals surface area contributed by atoms with Crippen LogP contribution in [-0.2, 0) is 14.8 Å². The quantitative estimate of drug-likeness (QED) is 0.759. The first-order chi connectivity index (χ1) is 13.3. The number of nitrogens with zero attached hydrogens (tertiary/aromatic N) is 2. The van der Waals surface area contributed by atoms with Crippen LogP contribution in [0.3, 0.4) is 0 Å². The van der Waals surface area contributed by atoms with Crippen molar-refractivity contribution in [3.63, 3.8) is 0 Å². The number of benzene rings is 2. The molecule has 0 aromatic heterocycles. The molecule has 1 amide bonds. The van der Waals surface area contributed by atoms with Gasteiger partial charge in [-0.1, -0.05) is 24.3 Å². The Bertz CT molecular complexity index is 925. The van der Waals surface area contributed by atoms with Gasteiger partial charge < -0.3 is 9.64 Å². The number of carbonyl (C=O) groups excluding carboxylic acids is 1. The lowest BCUT2D eigenvalue weighted by Gasteiger charge is -2.35. The molecule has 6 nitrogen and oxygen atoms in total. The number of amides is 1. The highest BCUT2D eigenvalue weighted by atomic mass is 32.2. The predicted molar refractivity (Wildman–Crippen MR) is 98.2 cm³/mol. The molecule has 1 saturated heterocycles. The van der Waals surface area contributed by atoms with E-state index in [-0.39, 0.29) is 32.1 Å². The lowest BCUT2D eigenvalue weighted by Crippen LogP contribution is -2.53. The Morgan fingerprint density at radius 2 is 1.54 bits per heavy atom. The maximum absolute atomic E-state index is 13.9. The Labute approximate surface area is 162 Å². The molecule has 2 aromatic carbocycles. The Hall–Kier alpha value is -2.52. The zero-order valence-corrected chi connectivity index (χ0v) is 16.0. The van der Waals surface area contributed by atoms with Gasteiger partial charge in [-0.2, -0.15) is 4.31 Å². The number of piperazine rings is 1. The lowest BCUT2D eigenvalue weighted by atomic mass is 10.3. The van der Waals surface area contributed by atoms with Crippen molar-refractivity contribution in [1.29, 1.82) is 0 Å². The smallest absolute Gasteiger partial charge is 0.263 e. The van der Waals surface area contributed by atoms with Crippen LogP contribution in [0.1, 0.15) is 6.92 Å². The van der Waals surface area contributed by atoms with Crippen molar-refractivity contribution in [3.8, 4) is 5.75 Å². The van der Waals surface area contributed by atoms with Crippen LogP contribution in [0, 0.1) is 11.6 Å². The number of para-hydroxylation sites is 1. The second-order valence-electron chi connectivity index (χ2n) is 6.35. The monoisotopic (exact) mass is 410 g/mol. The Balaban J connectivity index is 1.64. The second-order valence-corrected chi connectivity index (χ2v) is 8.23. The van der Waals surface area contributed by atoms with E-state index in [1.165, 1.54) is 4.90 Å². The van der Waals surface area contributed by atoms with Crippen molar-refractivity contribution < 1.29 is 26.7 Å². The van der Waals surface area contributed by atoms with Gasteiger partial charge in [0.2, 0.25) is 10.0 Å². The van der Waals surface area contributed by atoms with Gasteiger partial charge in [-0.05, 0) is 31.2 Å². The zero-order valence-electron chi connectivity index (χ0n) is 15.2. The standard InChI is InChI=1S/C19H20F2N2O4S/c1-14(27-15-6-3-2-4-7-15)19(24)22-10-12-23(13-11-22)28(25,26)18-16(20)8-5-9-17(18)21/h2-9,14H,10-13H2,1H3. The summed E-state index contributed by atoms with van der Waals surface area (Å²) in [5.74, 6) is -2.00. The van der Waals surface area contributed by atoms with Crippen LogP contribution in [0.25, 0.3) is 0 Å². The third-order valence-corrected chi connectivity index (χ3v) is 6.42. The highest BCUT2D eigenvalue weighted by molar-refractivity contribution is 7.89. The van der Waals surface area contributed by atoms with E-state index in [2.05, 4.69) is 0 Å². The van der Waals surface area contributed by atoms with Crippen molar-refractivity contribution in [1.82, 2.24) is 9.21 Å². The maximum atomic E-state index is 13.9. The van der Waals surface area contributed by atoms with Gasteiger partial charge in [-0.3, -0.25) is 4.79 Å². The first-order valence-corrected chi connectivity index (χ1v) is 10.2. The first-order valence-electron chi connectivity index (χ1n) is 8.75. The number of hydrogen-bond acceptors (Lipinski definition) is 4. The summed E-state index contributed by atoms with van der Waals surface area (Å²) in [6.07, 6.45) is -0.741. The molecule has 0 aliphatic carbocycles. The summed E-state index contributed by atoms with van der Waals surface area (Å²) in [5.41, 5.74) is 0. The molecule has 1 aliphatic heterocycles. The van der Waals surface area contributed by atoms with Crippen molar-refractivity contribution in [3.05, 3.63) is 60.2 Å². The van der Waals surface area contributed by atoms with Crippen LogP contribution in [0.4, 0.5) is 8.78 Å². The summed E-state index contributed by atoms with van der Waals surface area (Å²) in [5, 5.41) is 0. The molecule has 28 heavy (non-hydrogen) atoms. The van der Waals surface area contributed by atoms with Crippen LogP contribution in [-0.4, -0.2) is 55.8 Å². The highest BCUT2D eigenvalue weighted by Gasteiger charge is 2.35. The van der Waals surface area contributed by atoms with E-state index in [9.17, 15) is 22.0 Å². The van der Waals surface area contributed by atoms with E-state index in [1.807, 2.05) is 6.07 Å². The molecule has 0 saturated carbocycles. The molecule has 0 spiro atoms. The van der Waals surface area contributed by atoms with Gasteiger partial charge >= 0.3 is 0 Å². The molecule has 0 bridgehead atoms. The summed E-state index contributed by atoms with van der Waals surface area (Å²) < 4.78 is 59.6. The third kappa shape index (κ3) is 4.15. The minimum absolute atomic E-state index is 0.0557. The molecule has 1 atom stereocenters. The summed E-state index contributed by atoms with van der Waals surface area (Å²) >= 11 is 0. The molecule has 2 aromatic rings. The van der Waals surface area contributed by atoms with Crippen molar-refractivity contribution >= 4 is 15.9 Å². The zero-order chi connectivity index (χ0) is 20.3. The topological polar surface area (TPSA) is 66.9 Å². The Morgan fingerprint density at radius 1 is 0.964 bits per heavy atom. The molecule has 3 rings (SSSR count). The van der Waals surface area contributed by atoms with Gasteiger partial charge in [-0.25, -0.2) is 17.2 Å². The fraction of sp³-hybridized carbons (Fsp3) is 0.316. The van der Waals surface area contributed by atoms with Crippen molar-refractivity contribution in [2.75, 3.05) is 26.2 Å². The molecule has 9 heteroatoms. The van der Waals surface area contributed by atoms with Gasteiger partial charge in [-0.15, -0.1) is 0 Å². The maximum Gasteiger partial charge on any atom is 0.263 e. The Kier molecular flexibility index (Phi) is 5.95. The molecule has 0 radical (unpaired) electrons. The average molecular weight is 410 g/mol. The van der Waals surface area contributed by atoms with Gasteiger partial charge in [0.25, 0.3) is 5.91 Å². The predicted octanol–water partition coefficient (Wildman–Crippen LogP) is 2.27. The summed E-state index contributed by atoms with van der Waals surface area (Å²) in [6, 6.07) is 11.8. The molecular formula is C19H20F2N2O4S. The fourth-order valence-corrected chi connectivity index (χ4v) is 4.55. The molecular weight excluding hydrogens is 390 g/mol. The van der Waals surface area contributed by atoms with Crippen LogP contribution >= 0.6 is 0 Å². The molecule has 1 aliphatic rings. The third-order valence-electron chi connectivity index (χ3n) is 4.47. The fourth-order valence-electron chi connectivity index (χ4n) is 3.02. The van der Waals surface area contributed by atoms with Crippen LogP contribution in [0.15, 0.2) is 53.4 Å². The molecule has 1 fully saturated rings. The molecule has 0 N–H and O–H groups in total. The lowest BCUT2D eigenvalue weighted by molar-refractivity contribution is -0.139. The molecule has 1 unspecified atom stereocenters. The summed E-state index contributed by atoms with van der Waals surface area (Å²) in [7, 11) is -4.33. The number of rotatable bonds is 5. The van der Waals surface area contributed by atoms with Crippen LogP contribution < -0.4 is 4.74 Å². The number of sulfonamides is 1. The van der Waals surface area contributed by atoms with Gasteiger partial charge in [0.15, 0.2) is 11.0 Å². The summed E-state index contributed by atoms with van der Waals surface area (Å²) in [4.78, 5) is 13.1. The normalized spacial score (nSPS) is 16.6. The molecule has 1 heterocycles. The summed E-state index contributed by atoms with van der Waals surface area (Å²) in [6.45, 7) is 1.72. The highest BCUT2D eigenvalue weighted by Crippen LogP contribution is 2.24. The van der Waals surface area contributed by atoms with Crippen LogP contribution in [0.5, 0.6) is 5.75 Å². The van der Waals surface area contributed by atoms with E-state index < -0.39 is 32.7 Å². The second kappa shape index (κ2) is 8.24.